The van der Waals surface area contributed by atoms with Gasteiger partial charge >= 0.3 is 6.03 Å². The maximum Gasteiger partial charge on any atom is 0.321 e. The number of benzene rings is 1. The number of carbonyl (C=O) groups is 2. The largest absolute Gasteiger partial charge is 0.497 e. The molecule has 28 heavy (non-hydrogen) atoms. The van der Waals surface area contributed by atoms with Gasteiger partial charge in [-0.25, -0.2) is 4.79 Å². The number of aryl methyl sites for hydroxylation is 1. The Balaban J connectivity index is 1.37. The summed E-state index contributed by atoms with van der Waals surface area (Å²) in [5.74, 6) is 2.07. The molecular formula is C21H31N3O4. The third-order valence-corrected chi connectivity index (χ3v) is 5.49. The van der Waals surface area contributed by atoms with Gasteiger partial charge in [0.05, 0.1) is 20.8 Å². The first kappa shape index (κ1) is 20.5. The number of likely N-dealkylation sites (tertiary alicyclic amines) is 1. The maximum absolute atomic E-state index is 12.0. The van der Waals surface area contributed by atoms with Crippen LogP contribution in [0.5, 0.6) is 11.5 Å². The Morgan fingerprint density at radius 2 is 1.68 bits per heavy atom. The minimum atomic E-state index is -0.365. The zero-order valence-electron chi connectivity index (χ0n) is 16.8. The minimum Gasteiger partial charge on any atom is -0.497 e. The number of nitrogens with zero attached hydrogens (tertiary/aromatic N) is 1. The molecule has 0 bridgehead atoms. The summed E-state index contributed by atoms with van der Waals surface area (Å²) in [4.78, 5) is 25.8. The van der Waals surface area contributed by atoms with E-state index < -0.39 is 0 Å². The number of carbonyl (C=O) groups excluding carboxylic acids is 2. The van der Waals surface area contributed by atoms with Crippen LogP contribution in [0, 0.1) is 5.92 Å². The van der Waals surface area contributed by atoms with Crippen molar-refractivity contribution >= 4 is 11.9 Å². The molecule has 0 atom stereocenters. The smallest absolute Gasteiger partial charge is 0.321 e. The molecule has 1 aliphatic heterocycles. The minimum absolute atomic E-state index is 0.222. The van der Waals surface area contributed by atoms with Crippen molar-refractivity contribution in [1.29, 1.82) is 0 Å². The Morgan fingerprint density at radius 3 is 2.25 bits per heavy atom. The number of amides is 3. The summed E-state index contributed by atoms with van der Waals surface area (Å²) in [6, 6.07) is 5.91. The molecular weight excluding hydrogens is 358 g/mol. The fourth-order valence-electron chi connectivity index (χ4n) is 3.63. The second-order valence-electron chi connectivity index (χ2n) is 7.78. The molecule has 7 heteroatoms. The van der Waals surface area contributed by atoms with Crippen LogP contribution >= 0.6 is 0 Å². The highest BCUT2D eigenvalue weighted by Crippen LogP contribution is 2.26. The summed E-state index contributed by atoms with van der Waals surface area (Å²) in [7, 11) is 3.33. The first-order valence-electron chi connectivity index (χ1n) is 10.1. The van der Waals surface area contributed by atoms with E-state index in [4.69, 9.17) is 9.47 Å². The summed E-state index contributed by atoms with van der Waals surface area (Å²) < 4.78 is 10.7. The number of urea groups is 1. The molecule has 2 fully saturated rings. The monoisotopic (exact) mass is 389 g/mol. The van der Waals surface area contributed by atoms with Crippen molar-refractivity contribution in [3.05, 3.63) is 23.8 Å². The van der Waals surface area contributed by atoms with Gasteiger partial charge in [-0.1, -0.05) is 0 Å². The molecule has 1 heterocycles. The van der Waals surface area contributed by atoms with Gasteiger partial charge in [0.1, 0.15) is 11.5 Å². The average molecular weight is 389 g/mol. The second kappa shape index (κ2) is 9.78. The number of methoxy groups -OCH3 is 2. The molecule has 3 rings (SSSR count). The van der Waals surface area contributed by atoms with E-state index in [1.165, 1.54) is 5.56 Å². The first-order valence-corrected chi connectivity index (χ1v) is 10.1. The third kappa shape index (κ3) is 6.41. The van der Waals surface area contributed by atoms with Crippen molar-refractivity contribution < 1.29 is 19.1 Å². The first-order chi connectivity index (χ1) is 13.6. The molecule has 2 N–H and O–H groups in total. The molecule has 154 valence electrons. The van der Waals surface area contributed by atoms with E-state index >= 15 is 0 Å². The van der Waals surface area contributed by atoms with Gasteiger partial charge in [-0.15, -0.1) is 0 Å². The van der Waals surface area contributed by atoms with Crippen LogP contribution in [-0.2, 0) is 11.2 Å². The molecule has 1 aromatic rings. The molecule has 1 saturated carbocycles. The lowest BCUT2D eigenvalue weighted by molar-refractivity contribution is -0.121. The van der Waals surface area contributed by atoms with Gasteiger partial charge in [-0.3, -0.25) is 15.0 Å². The van der Waals surface area contributed by atoms with Crippen LogP contribution < -0.4 is 20.1 Å². The molecule has 0 aromatic heterocycles. The highest BCUT2D eigenvalue weighted by atomic mass is 16.5. The lowest BCUT2D eigenvalue weighted by Crippen LogP contribution is -2.46. The van der Waals surface area contributed by atoms with Crippen molar-refractivity contribution in [1.82, 2.24) is 15.5 Å². The van der Waals surface area contributed by atoms with E-state index in [0.29, 0.717) is 5.92 Å². The highest BCUT2D eigenvalue weighted by molar-refractivity contribution is 5.95. The van der Waals surface area contributed by atoms with Crippen LogP contribution in [0.4, 0.5) is 4.79 Å². The Labute approximate surface area is 166 Å². The quantitative estimate of drug-likeness (QED) is 0.713. The fourth-order valence-corrected chi connectivity index (χ4v) is 3.63. The lowest BCUT2D eigenvalue weighted by atomic mass is 9.90. The number of ether oxygens (including phenoxy) is 2. The molecule has 1 aliphatic carbocycles. The Morgan fingerprint density at radius 1 is 1.04 bits per heavy atom. The normalized spacial score (nSPS) is 17.8. The number of nitrogens with one attached hydrogen (secondary N) is 2. The molecule has 0 spiro atoms. The summed E-state index contributed by atoms with van der Waals surface area (Å²) in [6.45, 7) is 2.07. The number of hydrogen-bond acceptors (Lipinski definition) is 5. The maximum atomic E-state index is 12.0. The lowest BCUT2D eigenvalue weighted by Gasteiger charge is -2.31. The predicted molar refractivity (Wildman–Crippen MR) is 107 cm³/mol. The van der Waals surface area contributed by atoms with Gasteiger partial charge in [0, 0.05) is 12.1 Å². The van der Waals surface area contributed by atoms with E-state index in [-0.39, 0.29) is 24.5 Å². The SMILES string of the molecule is COc1cc(CCC2CCN(CC(=O)NC(=O)NC3CC3)CC2)cc(OC)c1. The molecule has 3 amide bonds. The second-order valence-corrected chi connectivity index (χ2v) is 7.78. The topological polar surface area (TPSA) is 79.9 Å². The Hall–Kier alpha value is -2.28. The van der Waals surface area contributed by atoms with Crippen molar-refractivity contribution in [2.75, 3.05) is 33.9 Å². The van der Waals surface area contributed by atoms with E-state index in [0.717, 1.165) is 63.1 Å². The third-order valence-electron chi connectivity index (χ3n) is 5.49. The van der Waals surface area contributed by atoms with E-state index in [2.05, 4.69) is 27.7 Å². The predicted octanol–water partition coefficient (Wildman–Crippen LogP) is 2.34. The zero-order valence-corrected chi connectivity index (χ0v) is 16.8. The number of imide groups is 1. The van der Waals surface area contributed by atoms with Gasteiger partial charge in [-0.2, -0.15) is 0 Å². The summed E-state index contributed by atoms with van der Waals surface area (Å²) in [6.07, 6.45) is 6.26. The van der Waals surface area contributed by atoms with Gasteiger partial charge in [0.15, 0.2) is 0 Å². The molecule has 7 nitrogen and oxygen atoms in total. The number of hydrogen-bond donors (Lipinski definition) is 2. The van der Waals surface area contributed by atoms with Crippen molar-refractivity contribution in [3.8, 4) is 11.5 Å². The van der Waals surface area contributed by atoms with Crippen molar-refractivity contribution in [3.63, 3.8) is 0 Å². The van der Waals surface area contributed by atoms with Crippen LogP contribution in [0.25, 0.3) is 0 Å². The van der Waals surface area contributed by atoms with Crippen molar-refractivity contribution in [2.45, 2.75) is 44.6 Å². The Kier molecular flexibility index (Phi) is 7.14. The van der Waals surface area contributed by atoms with E-state index in [9.17, 15) is 9.59 Å². The molecule has 2 aliphatic rings. The average Bonchev–Trinajstić information content (AvgIpc) is 3.50. The number of piperidine rings is 1. The molecule has 0 radical (unpaired) electrons. The van der Waals surface area contributed by atoms with Gasteiger partial charge < -0.3 is 14.8 Å². The van der Waals surface area contributed by atoms with Crippen molar-refractivity contribution in [2.24, 2.45) is 5.92 Å². The summed E-state index contributed by atoms with van der Waals surface area (Å²) in [5.41, 5.74) is 1.22. The van der Waals surface area contributed by atoms with Crippen LogP contribution in [0.2, 0.25) is 0 Å². The summed E-state index contributed by atoms with van der Waals surface area (Å²) in [5, 5.41) is 5.19. The number of rotatable bonds is 8. The standard InChI is InChI=1S/C21H31N3O4/c1-27-18-11-16(12-19(13-18)28-2)4-3-15-7-9-24(10-8-15)14-20(25)23-21(26)22-17-5-6-17/h11-13,15,17H,3-10,14H2,1-2H3,(H2,22,23,25,26). The van der Waals surface area contributed by atoms with Crippen LogP contribution in [0.3, 0.4) is 0 Å². The zero-order chi connectivity index (χ0) is 19.9. The molecule has 1 aromatic carbocycles. The van der Waals surface area contributed by atoms with Gasteiger partial charge in [-0.05, 0) is 75.2 Å². The van der Waals surface area contributed by atoms with Gasteiger partial charge in [0.25, 0.3) is 0 Å². The highest BCUT2D eigenvalue weighted by Gasteiger charge is 2.25. The van der Waals surface area contributed by atoms with E-state index in [1.54, 1.807) is 14.2 Å². The molecule has 1 saturated heterocycles. The van der Waals surface area contributed by atoms with E-state index in [1.807, 2.05) is 6.07 Å². The van der Waals surface area contributed by atoms with Crippen LogP contribution in [0.15, 0.2) is 18.2 Å². The van der Waals surface area contributed by atoms with Crippen LogP contribution in [-0.4, -0.2) is 56.7 Å². The molecule has 0 unspecified atom stereocenters. The Bertz CT molecular complexity index is 660. The fraction of sp³-hybridized carbons (Fsp3) is 0.619. The summed E-state index contributed by atoms with van der Waals surface area (Å²) >= 11 is 0. The van der Waals surface area contributed by atoms with Gasteiger partial charge in [0.2, 0.25) is 5.91 Å². The van der Waals surface area contributed by atoms with Crippen LogP contribution in [0.1, 0.15) is 37.7 Å².